The number of benzene rings is 2. The molecular weight excluding hydrogens is 518 g/mol. The lowest BCUT2D eigenvalue weighted by molar-refractivity contribution is -0.143. The van der Waals surface area contributed by atoms with Gasteiger partial charge in [0, 0.05) is 24.5 Å². The molecule has 0 bridgehead atoms. The van der Waals surface area contributed by atoms with E-state index in [1.165, 1.54) is 4.90 Å². The second-order valence-corrected chi connectivity index (χ2v) is 11.9. The molecule has 220 valence electrons. The number of phenols is 1. The van der Waals surface area contributed by atoms with Crippen LogP contribution in [0.25, 0.3) is 16.8 Å². The van der Waals surface area contributed by atoms with Crippen molar-refractivity contribution in [2.24, 2.45) is 17.8 Å². The van der Waals surface area contributed by atoms with E-state index >= 15 is 0 Å². The number of phenolic OH excluding ortho intramolecular Hbond substituents is 1. The molecule has 0 radical (unpaired) electrons. The van der Waals surface area contributed by atoms with Crippen LogP contribution in [-0.2, 0) is 14.3 Å². The standard InChI is InChI=1S/C34H43NO6/c1-3-21(17-22-14-16-29(37)26-12-8-7-11-25(22)26)13-15-30(38)31-23(20-41-2)18-27-32(28(31)19-36)34(40)35(33(27)39)24-9-5-4-6-10-24/h7-8,11-12,14,16-17,24,27-28,30,32,36-38H,3-6,9-10,13,15,18-20H2,1-2H3/b21-17+/t27-,28+,30-,32-/m1/s1. The molecule has 3 aliphatic rings. The van der Waals surface area contributed by atoms with Crippen molar-refractivity contribution in [3.63, 3.8) is 0 Å². The van der Waals surface area contributed by atoms with Crippen molar-refractivity contribution in [3.05, 3.63) is 58.7 Å². The summed E-state index contributed by atoms with van der Waals surface area (Å²) in [6.45, 7) is 2.04. The van der Waals surface area contributed by atoms with E-state index in [1.807, 2.05) is 30.3 Å². The van der Waals surface area contributed by atoms with Gasteiger partial charge in [-0.05, 0) is 66.7 Å². The summed E-state index contributed by atoms with van der Waals surface area (Å²) >= 11 is 0. The number of imide groups is 1. The quantitative estimate of drug-likeness (QED) is 0.266. The van der Waals surface area contributed by atoms with Crippen molar-refractivity contribution in [2.45, 2.75) is 76.9 Å². The summed E-state index contributed by atoms with van der Waals surface area (Å²) in [6.07, 6.45) is 8.35. The van der Waals surface area contributed by atoms with Crippen molar-refractivity contribution < 1.29 is 29.6 Å². The van der Waals surface area contributed by atoms with Gasteiger partial charge in [-0.3, -0.25) is 14.5 Å². The van der Waals surface area contributed by atoms with Crippen molar-refractivity contribution in [2.75, 3.05) is 20.3 Å². The molecule has 7 heteroatoms. The highest BCUT2D eigenvalue weighted by molar-refractivity contribution is 6.06. The molecule has 5 rings (SSSR count). The first kappa shape index (κ1) is 29.5. The maximum atomic E-state index is 13.7. The van der Waals surface area contributed by atoms with E-state index in [9.17, 15) is 24.9 Å². The molecule has 3 N–H and O–H groups in total. The van der Waals surface area contributed by atoms with Crippen LogP contribution < -0.4 is 0 Å². The fraction of sp³-hybridized carbons (Fsp3) is 0.529. The maximum Gasteiger partial charge on any atom is 0.234 e. The van der Waals surface area contributed by atoms with Crippen LogP contribution in [0.2, 0.25) is 0 Å². The molecule has 1 heterocycles. The SMILES string of the molecule is CC/C(=C\c1ccc(O)c2ccccc12)CC[C@@H](O)C1=C(COC)C[C@H]2C(=O)N(C3CCCCC3)C(=O)[C@H]2[C@H]1CO. The summed E-state index contributed by atoms with van der Waals surface area (Å²) in [7, 11) is 1.59. The highest BCUT2D eigenvalue weighted by Gasteiger charge is 2.56. The summed E-state index contributed by atoms with van der Waals surface area (Å²) in [4.78, 5) is 28.8. The smallest absolute Gasteiger partial charge is 0.234 e. The third-order valence-corrected chi connectivity index (χ3v) is 9.52. The second kappa shape index (κ2) is 12.9. The third kappa shape index (κ3) is 5.72. The number of carbonyl (C=O) groups is 2. The first-order valence-corrected chi connectivity index (χ1v) is 15.2. The van der Waals surface area contributed by atoms with E-state index in [2.05, 4.69) is 13.0 Å². The number of allylic oxidation sites excluding steroid dienone is 1. The van der Waals surface area contributed by atoms with Gasteiger partial charge < -0.3 is 20.1 Å². The van der Waals surface area contributed by atoms with Crippen molar-refractivity contribution >= 4 is 28.7 Å². The Bertz CT molecular complexity index is 1340. The van der Waals surface area contributed by atoms with Gasteiger partial charge in [0.05, 0.1) is 31.2 Å². The number of hydrogen-bond donors (Lipinski definition) is 3. The number of nitrogens with zero attached hydrogens (tertiary/aromatic N) is 1. The van der Waals surface area contributed by atoms with Crippen LogP contribution in [0.1, 0.15) is 70.3 Å². The zero-order valence-corrected chi connectivity index (χ0v) is 24.2. The summed E-state index contributed by atoms with van der Waals surface area (Å²) in [5, 5.41) is 34.2. The molecule has 4 atom stereocenters. The predicted molar refractivity (Wildman–Crippen MR) is 159 cm³/mol. The molecule has 41 heavy (non-hydrogen) atoms. The number of methoxy groups -OCH3 is 1. The lowest BCUT2D eigenvalue weighted by Crippen LogP contribution is -2.42. The Balaban J connectivity index is 1.39. The van der Waals surface area contributed by atoms with Crippen LogP contribution in [-0.4, -0.2) is 64.5 Å². The van der Waals surface area contributed by atoms with Crippen molar-refractivity contribution in [1.29, 1.82) is 0 Å². The van der Waals surface area contributed by atoms with Gasteiger partial charge in [-0.1, -0.05) is 68.2 Å². The molecule has 1 saturated heterocycles. The molecule has 2 aliphatic carbocycles. The van der Waals surface area contributed by atoms with Gasteiger partial charge in [0.25, 0.3) is 0 Å². The molecule has 1 saturated carbocycles. The Hall–Kier alpha value is -3.00. The maximum absolute atomic E-state index is 13.7. The van der Waals surface area contributed by atoms with Gasteiger partial charge >= 0.3 is 0 Å². The van der Waals surface area contributed by atoms with Crippen LogP contribution in [0.5, 0.6) is 5.75 Å². The summed E-state index contributed by atoms with van der Waals surface area (Å²) in [6, 6.07) is 11.3. The number of fused-ring (bicyclic) bond motifs is 2. The monoisotopic (exact) mass is 561 g/mol. The Kier molecular flexibility index (Phi) is 9.27. The van der Waals surface area contributed by atoms with E-state index < -0.39 is 23.9 Å². The van der Waals surface area contributed by atoms with Crippen LogP contribution in [0, 0.1) is 17.8 Å². The average molecular weight is 562 g/mol. The number of aliphatic hydroxyl groups is 2. The first-order chi connectivity index (χ1) is 19.9. The van der Waals surface area contributed by atoms with E-state index in [4.69, 9.17) is 4.74 Å². The van der Waals surface area contributed by atoms with Gasteiger partial charge in [0.15, 0.2) is 0 Å². The fourth-order valence-corrected chi connectivity index (χ4v) is 7.47. The Morgan fingerprint density at radius 1 is 1.07 bits per heavy atom. The van der Waals surface area contributed by atoms with E-state index in [0.29, 0.717) is 24.8 Å². The fourth-order valence-electron chi connectivity index (χ4n) is 7.47. The number of hydrogen-bond acceptors (Lipinski definition) is 6. The summed E-state index contributed by atoms with van der Waals surface area (Å²) in [5.41, 5.74) is 3.67. The number of amides is 2. The molecule has 7 nitrogen and oxygen atoms in total. The Labute approximate surface area is 242 Å². The van der Waals surface area contributed by atoms with Crippen molar-refractivity contribution in [1.82, 2.24) is 4.90 Å². The van der Waals surface area contributed by atoms with E-state index in [1.54, 1.807) is 13.2 Å². The summed E-state index contributed by atoms with van der Waals surface area (Å²) in [5.74, 6) is -1.79. The van der Waals surface area contributed by atoms with Gasteiger partial charge in [-0.2, -0.15) is 0 Å². The van der Waals surface area contributed by atoms with E-state index in [-0.39, 0.29) is 36.8 Å². The molecule has 2 fully saturated rings. The highest BCUT2D eigenvalue weighted by atomic mass is 16.5. The average Bonchev–Trinajstić information content (AvgIpc) is 3.25. The number of carbonyl (C=O) groups excluding carboxylic acids is 2. The topological polar surface area (TPSA) is 107 Å². The largest absolute Gasteiger partial charge is 0.507 e. The Morgan fingerprint density at radius 2 is 1.80 bits per heavy atom. The molecule has 0 spiro atoms. The third-order valence-electron chi connectivity index (χ3n) is 9.52. The first-order valence-electron chi connectivity index (χ1n) is 15.2. The molecule has 2 aromatic rings. The Morgan fingerprint density at radius 3 is 2.49 bits per heavy atom. The second-order valence-electron chi connectivity index (χ2n) is 11.9. The minimum absolute atomic E-state index is 0.0545. The number of ether oxygens (including phenoxy) is 1. The van der Waals surface area contributed by atoms with Crippen LogP contribution in [0.15, 0.2) is 53.1 Å². The minimum Gasteiger partial charge on any atom is -0.507 e. The number of aromatic hydroxyl groups is 1. The van der Waals surface area contributed by atoms with Crippen molar-refractivity contribution in [3.8, 4) is 5.75 Å². The number of aliphatic hydroxyl groups excluding tert-OH is 2. The van der Waals surface area contributed by atoms with Crippen LogP contribution in [0.4, 0.5) is 0 Å². The summed E-state index contributed by atoms with van der Waals surface area (Å²) < 4.78 is 5.49. The van der Waals surface area contributed by atoms with E-state index in [0.717, 1.165) is 66.0 Å². The molecule has 0 unspecified atom stereocenters. The van der Waals surface area contributed by atoms with Gasteiger partial charge in [-0.25, -0.2) is 0 Å². The minimum atomic E-state index is -0.864. The van der Waals surface area contributed by atoms with Gasteiger partial charge in [0.1, 0.15) is 5.75 Å². The molecule has 2 aromatic carbocycles. The highest BCUT2D eigenvalue weighted by Crippen LogP contribution is 2.47. The zero-order valence-electron chi connectivity index (χ0n) is 24.2. The molecule has 1 aliphatic heterocycles. The van der Waals surface area contributed by atoms with Gasteiger partial charge in [0.2, 0.25) is 11.8 Å². The predicted octanol–water partition coefficient (Wildman–Crippen LogP) is 5.37. The number of likely N-dealkylation sites (tertiary alicyclic amines) is 1. The molecule has 0 aromatic heterocycles. The lowest BCUT2D eigenvalue weighted by atomic mass is 9.68. The zero-order chi connectivity index (χ0) is 29.1. The molecule has 2 amide bonds. The van der Waals surface area contributed by atoms with Gasteiger partial charge in [-0.15, -0.1) is 0 Å². The van der Waals surface area contributed by atoms with Crippen LogP contribution >= 0.6 is 0 Å². The lowest BCUT2D eigenvalue weighted by Gasteiger charge is -2.36. The molecular formula is C34H43NO6. The number of rotatable bonds is 10. The van der Waals surface area contributed by atoms with Crippen LogP contribution in [0.3, 0.4) is 0 Å². The normalized spacial score (nSPS) is 24.8.